The van der Waals surface area contributed by atoms with E-state index in [1.54, 1.807) is 55.5 Å². The second kappa shape index (κ2) is 13.4. The zero-order valence-electron chi connectivity index (χ0n) is 22.4. The van der Waals surface area contributed by atoms with Gasteiger partial charge in [0.15, 0.2) is 5.82 Å². The van der Waals surface area contributed by atoms with Gasteiger partial charge in [0.05, 0.1) is 5.75 Å². The van der Waals surface area contributed by atoms with Crippen LogP contribution in [-0.4, -0.2) is 28.6 Å². The molecule has 0 spiro atoms. The van der Waals surface area contributed by atoms with Gasteiger partial charge >= 0.3 is 0 Å². The Balaban J connectivity index is 1.42. The predicted molar refractivity (Wildman–Crippen MR) is 158 cm³/mol. The normalized spacial score (nSPS) is 11.2. The quantitative estimate of drug-likeness (QED) is 0.158. The van der Waals surface area contributed by atoms with Gasteiger partial charge in [-0.25, -0.2) is 0 Å². The summed E-state index contributed by atoms with van der Waals surface area (Å²) in [5, 5.41) is 12.0. The zero-order chi connectivity index (χ0) is 28.5. The third-order valence-corrected chi connectivity index (χ3v) is 6.83. The fourth-order valence-corrected chi connectivity index (χ4v) is 4.37. The lowest BCUT2D eigenvalue weighted by Crippen LogP contribution is -2.30. The van der Waals surface area contributed by atoms with Crippen molar-refractivity contribution in [2.24, 2.45) is 0 Å². The fourth-order valence-electron chi connectivity index (χ4n) is 3.67. The average molecular weight is 555 g/mol. The Labute approximate surface area is 237 Å². The van der Waals surface area contributed by atoms with E-state index in [2.05, 4.69) is 35.0 Å². The van der Waals surface area contributed by atoms with Crippen molar-refractivity contribution >= 4 is 47.1 Å². The van der Waals surface area contributed by atoms with Gasteiger partial charge in [-0.1, -0.05) is 61.5 Å². The van der Waals surface area contributed by atoms with Crippen molar-refractivity contribution < 1.29 is 18.9 Å². The maximum atomic E-state index is 13.3. The molecule has 0 saturated carbocycles. The molecule has 1 heterocycles. The number of carbonyl (C=O) groups is 3. The van der Waals surface area contributed by atoms with Crippen LogP contribution in [0.3, 0.4) is 0 Å². The molecule has 0 aliphatic heterocycles. The van der Waals surface area contributed by atoms with Crippen LogP contribution in [-0.2, 0) is 9.59 Å². The zero-order valence-corrected chi connectivity index (χ0v) is 23.2. The SMILES string of the molecule is Cc1cc(NC(=O)CSc2ccc(NC(=O)/C(=C/c3ccc(C(C)C)cc3)NC(=O)c3ccccc3)cc2)no1. The summed E-state index contributed by atoms with van der Waals surface area (Å²) in [4.78, 5) is 39.1. The highest BCUT2D eigenvalue weighted by Crippen LogP contribution is 2.22. The van der Waals surface area contributed by atoms with Gasteiger partial charge in [0.1, 0.15) is 11.5 Å². The molecule has 0 aliphatic carbocycles. The molecule has 4 rings (SSSR count). The summed E-state index contributed by atoms with van der Waals surface area (Å²) in [5.41, 5.74) is 3.07. The molecule has 0 radical (unpaired) electrons. The van der Waals surface area contributed by atoms with Gasteiger partial charge in [-0.3, -0.25) is 14.4 Å². The van der Waals surface area contributed by atoms with Gasteiger partial charge < -0.3 is 20.5 Å². The standard InChI is InChI=1S/C31H30N4O4S/c1-20(2)23-11-9-22(10-12-23)18-27(33-30(37)24-7-5-4-6-8-24)31(38)32-25-13-15-26(16-14-25)40-19-29(36)34-28-17-21(3)39-35-28/h4-18,20H,19H2,1-3H3,(H,32,38)(H,33,37)(H,34,35,36)/b27-18-. The number of rotatable bonds is 10. The van der Waals surface area contributed by atoms with Crippen molar-refractivity contribution in [2.75, 3.05) is 16.4 Å². The number of amides is 3. The van der Waals surface area contributed by atoms with Gasteiger partial charge in [0.25, 0.3) is 11.8 Å². The Hall–Kier alpha value is -4.63. The molecule has 3 amide bonds. The number of nitrogens with zero attached hydrogens (tertiary/aromatic N) is 1. The number of nitrogens with one attached hydrogen (secondary N) is 3. The molecule has 8 nitrogen and oxygen atoms in total. The molecule has 3 N–H and O–H groups in total. The number of carbonyl (C=O) groups excluding carboxylic acids is 3. The number of benzene rings is 3. The van der Waals surface area contributed by atoms with E-state index in [9.17, 15) is 14.4 Å². The minimum atomic E-state index is -0.458. The van der Waals surface area contributed by atoms with Crippen LogP contribution in [0.5, 0.6) is 0 Å². The Bertz CT molecular complexity index is 1490. The largest absolute Gasteiger partial charge is 0.360 e. The minimum Gasteiger partial charge on any atom is -0.360 e. The van der Waals surface area contributed by atoms with Crippen LogP contribution >= 0.6 is 11.8 Å². The monoisotopic (exact) mass is 554 g/mol. The summed E-state index contributed by atoms with van der Waals surface area (Å²) < 4.78 is 4.95. The van der Waals surface area contributed by atoms with Crippen molar-refractivity contribution in [1.82, 2.24) is 10.5 Å². The lowest BCUT2D eigenvalue weighted by Gasteiger charge is -2.12. The molecule has 0 bridgehead atoms. The Morgan fingerprint density at radius 1 is 0.925 bits per heavy atom. The van der Waals surface area contributed by atoms with Crippen molar-refractivity contribution in [1.29, 1.82) is 0 Å². The lowest BCUT2D eigenvalue weighted by atomic mass is 10.0. The second-order valence-electron chi connectivity index (χ2n) is 9.34. The number of thioether (sulfide) groups is 1. The molecule has 1 aromatic heterocycles. The van der Waals surface area contributed by atoms with E-state index in [1.165, 1.54) is 17.3 Å². The van der Waals surface area contributed by atoms with Gasteiger partial charge in [-0.2, -0.15) is 0 Å². The van der Waals surface area contributed by atoms with Gasteiger partial charge in [0, 0.05) is 22.2 Å². The number of hydrogen-bond acceptors (Lipinski definition) is 6. The molecule has 3 aromatic carbocycles. The van der Waals surface area contributed by atoms with Crippen LogP contribution in [0.25, 0.3) is 6.08 Å². The van der Waals surface area contributed by atoms with Gasteiger partial charge in [-0.15, -0.1) is 11.8 Å². The van der Waals surface area contributed by atoms with E-state index in [-0.39, 0.29) is 23.3 Å². The molecule has 4 aromatic rings. The molecule has 0 saturated heterocycles. The highest BCUT2D eigenvalue weighted by atomic mass is 32.2. The highest BCUT2D eigenvalue weighted by Gasteiger charge is 2.15. The average Bonchev–Trinajstić information content (AvgIpc) is 3.37. The molecule has 40 heavy (non-hydrogen) atoms. The first-order valence-electron chi connectivity index (χ1n) is 12.7. The highest BCUT2D eigenvalue weighted by molar-refractivity contribution is 8.00. The molecule has 0 fully saturated rings. The molecule has 9 heteroatoms. The van der Waals surface area contributed by atoms with Crippen LogP contribution in [0.1, 0.15) is 47.0 Å². The maximum Gasteiger partial charge on any atom is 0.272 e. The van der Waals surface area contributed by atoms with E-state index < -0.39 is 5.91 Å². The molecular weight excluding hydrogens is 524 g/mol. The molecule has 0 unspecified atom stereocenters. The number of aryl methyl sites for hydroxylation is 1. The summed E-state index contributed by atoms with van der Waals surface area (Å²) in [6.07, 6.45) is 1.65. The van der Waals surface area contributed by atoms with Crippen LogP contribution in [0.2, 0.25) is 0 Å². The first-order chi connectivity index (χ1) is 19.3. The van der Waals surface area contributed by atoms with Crippen LogP contribution in [0.4, 0.5) is 11.5 Å². The third-order valence-electron chi connectivity index (χ3n) is 5.82. The van der Waals surface area contributed by atoms with Crippen LogP contribution in [0.15, 0.2) is 100 Å². The summed E-state index contributed by atoms with van der Waals surface area (Å²) in [5.74, 6) is 0.507. The number of aromatic nitrogens is 1. The van der Waals surface area contributed by atoms with Crippen molar-refractivity contribution in [3.8, 4) is 0 Å². The maximum absolute atomic E-state index is 13.3. The van der Waals surface area contributed by atoms with Crippen molar-refractivity contribution in [3.63, 3.8) is 0 Å². The Morgan fingerprint density at radius 2 is 1.62 bits per heavy atom. The second-order valence-corrected chi connectivity index (χ2v) is 10.4. The topological polar surface area (TPSA) is 113 Å². The van der Waals surface area contributed by atoms with Crippen LogP contribution < -0.4 is 16.0 Å². The smallest absolute Gasteiger partial charge is 0.272 e. The lowest BCUT2D eigenvalue weighted by molar-refractivity contribution is -0.114. The summed E-state index contributed by atoms with van der Waals surface area (Å²) in [6.45, 7) is 5.97. The first kappa shape index (κ1) is 28.4. The molecular formula is C31H30N4O4S. The fraction of sp³-hybridized carbons (Fsp3) is 0.161. The van der Waals surface area contributed by atoms with E-state index >= 15 is 0 Å². The third kappa shape index (κ3) is 8.18. The van der Waals surface area contributed by atoms with E-state index in [4.69, 9.17) is 4.52 Å². The summed E-state index contributed by atoms with van der Waals surface area (Å²) in [6, 6.07) is 25.3. The van der Waals surface area contributed by atoms with E-state index in [0.717, 1.165) is 10.5 Å². The predicted octanol–water partition coefficient (Wildman–Crippen LogP) is 6.25. The number of anilines is 2. The molecule has 204 valence electrons. The van der Waals surface area contributed by atoms with Gasteiger partial charge in [0.2, 0.25) is 5.91 Å². The van der Waals surface area contributed by atoms with Crippen molar-refractivity contribution in [3.05, 3.63) is 113 Å². The molecule has 0 aliphatic rings. The van der Waals surface area contributed by atoms with E-state index in [1.807, 2.05) is 42.5 Å². The molecule has 0 atom stereocenters. The Morgan fingerprint density at radius 3 is 2.25 bits per heavy atom. The van der Waals surface area contributed by atoms with Gasteiger partial charge in [-0.05, 0) is 66.4 Å². The number of hydrogen-bond donors (Lipinski definition) is 3. The first-order valence-corrected chi connectivity index (χ1v) is 13.7. The minimum absolute atomic E-state index is 0.115. The summed E-state index contributed by atoms with van der Waals surface area (Å²) >= 11 is 1.35. The summed E-state index contributed by atoms with van der Waals surface area (Å²) in [7, 11) is 0. The Kier molecular flexibility index (Phi) is 9.53. The van der Waals surface area contributed by atoms with Crippen LogP contribution in [0, 0.1) is 6.92 Å². The van der Waals surface area contributed by atoms with E-state index in [0.29, 0.717) is 28.7 Å². The van der Waals surface area contributed by atoms with Crippen molar-refractivity contribution in [2.45, 2.75) is 31.6 Å².